The quantitative estimate of drug-likeness (QED) is 0.0320. The molecule has 6 heteroatoms. The molecule has 3 N–H and O–H groups in total. The molecule has 0 aromatic carbocycles. The van der Waals surface area contributed by atoms with E-state index in [4.69, 9.17) is 4.74 Å². The zero-order chi connectivity index (χ0) is 57.8. The summed E-state index contributed by atoms with van der Waals surface area (Å²) in [5.74, 6) is -0.0359. The lowest BCUT2D eigenvalue weighted by atomic mass is 10.0. The van der Waals surface area contributed by atoms with Crippen molar-refractivity contribution >= 4 is 11.9 Å². The molecule has 1 amide bonds. The third-order valence-corrected chi connectivity index (χ3v) is 17.6. The maximum Gasteiger partial charge on any atom is 0.305 e. The number of amides is 1. The van der Waals surface area contributed by atoms with Gasteiger partial charge in [0.1, 0.15) is 0 Å². The first-order valence-corrected chi connectivity index (χ1v) is 37.0. The maximum absolute atomic E-state index is 12.5. The third-order valence-electron chi connectivity index (χ3n) is 17.6. The fraction of sp³-hybridized carbons (Fsp3) is 0.946. The van der Waals surface area contributed by atoms with Crippen molar-refractivity contribution in [3.63, 3.8) is 0 Å². The number of ether oxygens (including phenoxy) is 1. The zero-order valence-electron chi connectivity index (χ0n) is 54.6. The molecule has 80 heavy (non-hydrogen) atoms. The van der Waals surface area contributed by atoms with E-state index >= 15 is 0 Å². The van der Waals surface area contributed by atoms with Gasteiger partial charge in [-0.15, -0.1) is 0 Å². The van der Waals surface area contributed by atoms with Crippen LogP contribution in [0.15, 0.2) is 12.2 Å². The summed E-state index contributed by atoms with van der Waals surface area (Å²) in [5.41, 5.74) is 0. The van der Waals surface area contributed by atoms with Crippen molar-refractivity contribution in [3.05, 3.63) is 12.2 Å². The van der Waals surface area contributed by atoms with Crippen LogP contribution in [-0.2, 0) is 14.3 Å². The van der Waals surface area contributed by atoms with Crippen LogP contribution in [0.25, 0.3) is 0 Å². The maximum atomic E-state index is 12.5. The normalized spacial score (nSPS) is 12.5. The summed E-state index contributed by atoms with van der Waals surface area (Å²) in [6, 6.07) is -0.624. The number of esters is 1. The van der Waals surface area contributed by atoms with Crippen molar-refractivity contribution in [1.29, 1.82) is 0 Å². The van der Waals surface area contributed by atoms with Crippen molar-refractivity contribution < 1.29 is 24.5 Å². The molecule has 0 radical (unpaired) electrons. The fourth-order valence-corrected chi connectivity index (χ4v) is 11.9. The molecule has 0 aliphatic carbocycles. The van der Waals surface area contributed by atoms with E-state index in [9.17, 15) is 19.8 Å². The Balaban J connectivity index is 3.34. The van der Waals surface area contributed by atoms with Crippen LogP contribution < -0.4 is 5.32 Å². The van der Waals surface area contributed by atoms with Gasteiger partial charge in [-0.1, -0.05) is 392 Å². The molecule has 2 unspecified atom stereocenters. The van der Waals surface area contributed by atoms with Gasteiger partial charge in [-0.3, -0.25) is 9.59 Å². The zero-order valence-corrected chi connectivity index (χ0v) is 54.6. The Morgan fingerprint density at radius 2 is 0.575 bits per heavy atom. The Hall–Kier alpha value is -1.40. The minimum Gasteiger partial charge on any atom is -0.466 e. The molecular formula is C74H145NO5. The van der Waals surface area contributed by atoms with E-state index in [1.807, 2.05) is 6.08 Å². The predicted octanol–water partition coefficient (Wildman–Crippen LogP) is 23.9. The number of carbonyl (C=O) groups excluding carboxylic acids is 2. The van der Waals surface area contributed by atoms with Gasteiger partial charge in [0.2, 0.25) is 5.91 Å². The van der Waals surface area contributed by atoms with Crippen LogP contribution >= 0.6 is 0 Å². The lowest BCUT2D eigenvalue weighted by Gasteiger charge is -2.20. The van der Waals surface area contributed by atoms with E-state index in [0.717, 1.165) is 38.5 Å². The number of unbranched alkanes of at least 4 members (excludes halogenated alkanes) is 59. The number of carbonyl (C=O) groups is 2. The molecule has 0 aliphatic rings. The van der Waals surface area contributed by atoms with Gasteiger partial charge in [-0.25, -0.2) is 0 Å². The number of hydrogen-bond acceptors (Lipinski definition) is 5. The second-order valence-electron chi connectivity index (χ2n) is 25.6. The molecule has 476 valence electrons. The van der Waals surface area contributed by atoms with Gasteiger partial charge < -0.3 is 20.3 Å². The summed E-state index contributed by atoms with van der Waals surface area (Å²) in [5, 5.41) is 23.2. The molecule has 0 heterocycles. The lowest BCUT2D eigenvalue weighted by Crippen LogP contribution is -2.45. The van der Waals surface area contributed by atoms with Gasteiger partial charge in [0.15, 0.2) is 0 Å². The molecule has 0 aromatic rings. The van der Waals surface area contributed by atoms with E-state index in [-0.39, 0.29) is 18.5 Å². The van der Waals surface area contributed by atoms with Crippen LogP contribution in [0.5, 0.6) is 0 Å². The predicted molar refractivity (Wildman–Crippen MR) is 352 cm³/mol. The van der Waals surface area contributed by atoms with Gasteiger partial charge >= 0.3 is 5.97 Å². The first-order valence-electron chi connectivity index (χ1n) is 37.0. The Labute approximate surface area is 501 Å². The van der Waals surface area contributed by atoms with Crippen LogP contribution in [0, 0.1) is 0 Å². The minimum absolute atomic E-state index is 0.0237. The van der Waals surface area contributed by atoms with Crippen molar-refractivity contribution in [2.45, 2.75) is 437 Å². The van der Waals surface area contributed by atoms with Crippen molar-refractivity contribution in [1.82, 2.24) is 5.32 Å². The topological polar surface area (TPSA) is 95.9 Å². The van der Waals surface area contributed by atoms with Crippen LogP contribution in [0.1, 0.15) is 425 Å². The lowest BCUT2D eigenvalue weighted by molar-refractivity contribution is -0.143. The van der Waals surface area contributed by atoms with E-state index in [1.165, 1.54) is 360 Å². The van der Waals surface area contributed by atoms with E-state index in [1.54, 1.807) is 6.08 Å². The highest BCUT2D eigenvalue weighted by atomic mass is 16.5. The molecule has 0 saturated heterocycles. The van der Waals surface area contributed by atoms with Crippen molar-refractivity contribution in [2.75, 3.05) is 13.2 Å². The summed E-state index contributed by atoms with van der Waals surface area (Å²) in [6.07, 6.45) is 87.4. The molecule has 6 nitrogen and oxygen atoms in total. The molecule has 0 aliphatic heterocycles. The highest BCUT2D eigenvalue weighted by molar-refractivity contribution is 5.76. The monoisotopic (exact) mass is 1130 g/mol. The molecule has 0 saturated carbocycles. The second kappa shape index (κ2) is 70.1. The number of nitrogens with one attached hydrogen (secondary N) is 1. The van der Waals surface area contributed by atoms with Crippen LogP contribution in [0.2, 0.25) is 0 Å². The van der Waals surface area contributed by atoms with Crippen LogP contribution in [-0.4, -0.2) is 47.4 Å². The van der Waals surface area contributed by atoms with Gasteiger partial charge in [-0.2, -0.15) is 0 Å². The molecule has 0 fully saturated rings. The molecule has 0 aromatic heterocycles. The first-order chi connectivity index (χ1) is 39.5. The highest BCUT2D eigenvalue weighted by Crippen LogP contribution is 2.20. The molecule has 0 spiro atoms. The summed E-state index contributed by atoms with van der Waals surface area (Å²) in [4.78, 5) is 24.6. The van der Waals surface area contributed by atoms with Gasteiger partial charge in [0.05, 0.1) is 25.4 Å². The number of allylic oxidation sites excluding steroid dienone is 1. The molecule has 0 rings (SSSR count). The van der Waals surface area contributed by atoms with Crippen LogP contribution in [0.3, 0.4) is 0 Å². The van der Waals surface area contributed by atoms with Gasteiger partial charge in [-0.05, 0) is 32.1 Å². The summed E-state index contributed by atoms with van der Waals surface area (Å²) in [6.45, 7) is 4.96. The van der Waals surface area contributed by atoms with Crippen molar-refractivity contribution in [3.8, 4) is 0 Å². The Bertz CT molecular complexity index is 1210. The Morgan fingerprint density at radius 3 is 0.850 bits per heavy atom. The van der Waals surface area contributed by atoms with E-state index < -0.39 is 12.1 Å². The number of aliphatic hydroxyl groups is 2. The number of hydrogen-bond donors (Lipinski definition) is 3. The Morgan fingerprint density at radius 1 is 0.338 bits per heavy atom. The average Bonchev–Trinajstić information content (AvgIpc) is 3.46. The molecule has 0 bridgehead atoms. The van der Waals surface area contributed by atoms with Crippen LogP contribution in [0.4, 0.5) is 0 Å². The minimum atomic E-state index is -0.841. The summed E-state index contributed by atoms with van der Waals surface area (Å²) in [7, 11) is 0. The van der Waals surface area contributed by atoms with Crippen molar-refractivity contribution in [2.24, 2.45) is 0 Å². The SMILES string of the molecule is CCCCCCCCCCCCCCCCCC/C=C/C(O)C(CO)NC(=O)CCCCCCCCCCCCCCCCCCCCCCCCCCCCCCCCCOC(=O)CCCCCCCCCCCCCCCC. The first kappa shape index (κ1) is 78.6. The summed E-state index contributed by atoms with van der Waals surface area (Å²) < 4.78 is 5.50. The fourth-order valence-electron chi connectivity index (χ4n) is 11.9. The Kier molecular flexibility index (Phi) is 68.9. The second-order valence-corrected chi connectivity index (χ2v) is 25.6. The molecular weight excluding hydrogens is 983 g/mol. The summed E-state index contributed by atoms with van der Waals surface area (Å²) >= 11 is 0. The highest BCUT2D eigenvalue weighted by Gasteiger charge is 2.18. The largest absolute Gasteiger partial charge is 0.466 e. The standard InChI is InChI=1S/C74H145NO5/c1-3-5-7-9-11-13-15-17-19-20-36-39-42-46-50-54-58-62-66-72(77)71(70-76)75-73(78)67-63-59-55-51-47-43-40-37-34-32-30-28-26-24-22-21-23-25-27-29-31-33-35-38-41-45-49-53-57-61-65-69-80-74(79)68-64-60-56-52-48-44-18-16-14-12-10-8-6-4-2/h62,66,71-72,76-77H,3-61,63-65,67-70H2,1-2H3,(H,75,78)/b66-62+. The van der Waals surface area contributed by atoms with E-state index in [0.29, 0.717) is 19.4 Å². The smallest absolute Gasteiger partial charge is 0.305 e. The van der Waals surface area contributed by atoms with E-state index in [2.05, 4.69) is 19.2 Å². The average molecular weight is 1130 g/mol. The third kappa shape index (κ3) is 65.7. The number of rotatable bonds is 70. The van der Waals surface area contributed by atoms with Gasteiger partial charge in [0.25, 0.3) is 0 Å². The number of aliphatic hydroxyl groups excluding tert-OH is 2. The van der Waals surface area contributed by atoms with Gasteiger partial charge in [0, 0.05) is 12.8 Å². The molecule has 2 atom stereocenters.